The zero-order valence-electron chi connectivity index (χ0n) is 9.95. The zero-order chi connectivity index (χ0) is 11.0. The average molecular weight is 220 g/mol. The second-order valence-corrected chi connectivity index (χ2v) is 5.10. The third-order valence-corrected chi connectivity index (χ3v) is 4.01. The first-order valence-electron chi connectivity index (χ1n) is 6.48. The standard InChI is InChI=1S/C12H20N4/c1-9-14-15-12(10-4-2-3-5-10)16(9)11-6-7-13-8-11/h10-11,13H,2-8H2,1H3. The van der Waals surface area contributed by atoms with Crippen molar-refractivity contribution in [3.63, 3.8) is 0 Å². The summed E-state index contributed by atoms with van der Waals surface area (Å²) in [6.07, 6.45) is 6.55. The van der Waals surface area contributed by atoms with E-state index in [0.717, 1.165) is 18.9 Å². The van der Waals surface area contributed by atoms with Crippen molar-refractivity contribution in [3.05, 3.63) is 11.6 Å². The second-order valence-electron chi connectivity index (χ2n) is 5.10. The van der Waals surface area contributed by atoms with Crippen LogP contribution in [0.2, 0.25) is 0 Å². The maximum absolute atomic E-state index is 4.43. The van der Waals surface area contributed by atoms with Crippen LogP contribution in [0.1, 0.15) is 55.7 Å². The maximum atomic E-state index is 4.43. The first-order valence-corrected chi connectivity index (χ1v) is 6.48. The van der Waals surface area contributed by atoms with Crippen molar-refractivity contribution in [2.45, 2.75) is 51.0 Å². The van der Waals surface area contributed by atoms with Gasteiger partial charge in [0, 0.05) is 12.5 Å². The van der Waals surface area contributed by atoms with Gasteiger partial charge in [0.25, 0.3) is 0 Å². The molecule has 2 heterocycles. The fraction of sp³-hybridized carbons (Fsp3) is 0.833. The smallest absolute Gasteiger partial charge is 0.136 e. The zero-order valence-corrected chi connectivity index (χ0v) is 9.95. The highest BCUT2D eigenvalue weighted by Gasteiger charge is 2.28. The highest BCUT2D eigenvalue weighted by atomic mass is 15.3. The molecule has 16 heavy (non-hydrogen) atoms. The molecule has 0 aromatic carbocycles. The van der Waals surface area contributed by atoms with Gasteiger partial charge in [-0.1, -0.05) is 12.8 Å². The number of nitrogens with one attached hydrogen (secondary N) is 1. The minimum Gasteiger partial charge on any atom is -0.315 e. The molecule has 1 aliphatic carbocycles. The number of hydrogen-bond donors (Lipinski definition) is 1. The molecule has 88 valence electrons. The summed E-state index contributed by atoms with van der Waals surface area (Å²) >= 11 is 0. The first-order chi connectivity index (χ1) is 7.86. The summed E-state index contributed by atoms with van der Waals surface area (Å²) in [7, 11) is 0. The van der Waals surface area contributed by atoms with Gasteiger partial charge in [0.1, 0.15) is 11.6 Å². The van der Waals surface area contributed by atoms with Crippen LogP contribution in [-0.2, 0) is 0 Å². The van der Waals surface area contributed by atoms with Gasteiger partial charge in [-0.15, -0.1) is 10.2 Å². The van der Waals surface area contributed by atoms with Gasteiger partial charge in [-0.3, -0.25) is 0 Å². The van der Waals surface area contributed by atoms with E-state index in [1.54, 1.807) is 0 Å². The maximum Gasteiger partial charge on any atom is 0.136 e. The predicted molar refractivity (Wildman–Crippen MR) is 62.5 cm³/mol. The van der Waals surface area contributed by atoms with Gasteiger partial charge in [0.05, 0.1) is 6.04 Å². The van der Waals surface area contributed by atoms with E-state index < -0.39 is 0 Å². The van der Waals surface area contributed by atoms with Crippen molar-refractivity contribution in [2.75, 3.05) is 13.1 Å². The molecule has 2 aliphatic rings. The Labute approximate surface area is 96.4 Å². The van der Waals surface area contributed by atoms with Gasteiger partial charge in [-0.05, 0) is 32.7 Å². The quantitative estimate of drug-likeness (QED) is 0.826. The van der Waals surface area contributed by atoms with E-state index in [4.69, 9.17) is 0 Å². The third kappa shape index (κ3) is 1.65. The van der Waals surface area contributed by atoms with Crippen LogP contribution in [0.3, 0.4) is 0 Å². The molecule has 1 aliphatic heterocycles. The molecule has 4 heteroatoms. The molecule has 3 rings (SSSR count). The average Bonchev–Trinajstić information content (AvgIpc) is 2.96. The van der Waals surface area contributed by atoms with Crippen LogP contribution in [0, 0.1) is 6.92 Å². The lowest BCUT2D eigenvalue weighted by Gasteiger charge is -2.18. The summed E-state index contributed by atoms with van der Waals surface area (Å²) in [4.78, 5) is 0. The lowest BCUT2D eigenvalue weighted by atomic mass is 10.1. The van der Waals surface area contributed by atoms with E-state index in [1.807, 2.05) is 0 Å². The van der Waals surface area contributed by atoms with Crippen LogP contribution in [0.5, 0.6) is 0 Å². The second kappa shape index (κ2) is 4.17. The Balaban J connectivity index is 1.91. The molecular weight excluding hydrogens is 200 g/mol. The van der Waals surface area contributed by atoms with E-state index in [9.17, 15) is 0 Å². The highest BCUT2D eigenvalue weighted by molar-refractivity contribution is 5.06. The molecule has 0 radical (unpaired) electrons. The SMILES string of the molecule is Cc1nnc(C2CCCC2)n1C1CCNC1. The first kappa shape index (κ1) is 10.3. The largest absolute Gasteiger partial charge is 0.315 e. The highest BCUT2D eigenvalue weighted by Crippen LogP contribution is 2.35. The van der Waals surface area contributed by atoms with Gasteiger partial charge >= 0.3 is 0 Å². The van der Waals surface area contributed by atoms with Crippen molar-refractivity contribution in [2.24, 2.45) is 0 Å². The van der Waals surface area contributed by atoms with Gasteiger partial charge in [0.15, 0.2) is 0 Å². The lowest BCUT2D eigenvalue weighted by molar-refractivity contribution is 0.486. The summed E-state index contributed by atoms with van der Waals surface area (Å²) in [5.41, 5.74) is 0. The number of hydrogen-bond acceptors (Lipinski definition) is 3. The Morgan fingerprint density at radius 3 is 2.69 bits per heavy atom. The van der Waals surface area contributed by atoms with Crippen molar-refractivity contribution < 1.29 is 0 Å². The Hall–Kier alpha value is -0.900. The lowest BCUT2D eigenvalue weighted by Crippen LogP contribution is -2.18. The van der Waals surface area contributed by atoms with Gasteiger partial charge < -0.3 is 9.88 Å². The summed E-state index contributed by atoms with van der Waals surface area (Å²) in [5, 5.41) is 12.1. The molecule has 2 fully saturated rings. The van der Waals surface area contributed by atoms with E-state index >= 15 is 0 Å². The number of aryl methyl sites for hydroxylation is 1. The fourth-order valence-electron chi connectivity index (χ4n) is 3.16. The van der Waals surface area contributed by atoms with Crippen molar-refractivity contribution in [3.8, 4) is 0 Å². The normalized spacial score (nSPS) is 26.7. The van der Waals surface area contributed by atoms with Crippen molar-refractivity contribution >= 4 is 0 Å². The van der Waals surface area contributed by atoms with E-state index in [-0.39, 0.29) is 0 Å². The van der Waals surface area contributed by atoms with Crippen LogP contribution in [0.25, 0.3) is 0 Å². The van der Waals surface area contributed by atoms with E-state index in [0.29, 0.717) is 12.0 Å². The molecule has 1 saturated carbocycles. The molecule has 4 nitrogen and oxygen atoms in total. The number of aromatic nitrogens is 3. The monoisotopic (exact) mass is 220 g/mol. The van der Waals surface area contributed by atoms with Gasteiger partial charge in [-0.2, -0.15) is 0 Å². The van der Waals surface area contributed by atoms with Crippen LogP contribution in [0.15, 0.2) is 0 Å². The summed E-state index contributed by atoms with van der Waals surface area (Å²) in [6.45, 7) is 4.30. The molecule has 0 amide bonds. The summed E-state index contributed by atoms with van der Waals surface area (Å²) in [6, 6.07) is 0.589. The molecular formula is C12H20N4. The Morgan fingerprint density at radius 1 is 1.19 bits per heavy atom. The van der Waals surface area contributed by atoms with E-state index in [1.165, 1.54) is 37.9 Å². The van der Waals surface area contributed by atoms with Gasteiger partial charge in [-0.25, -0.2) is 0 Å². The molecule has 1 aromatic rings. The Bertz CT molecular complexity index is 359. The third-order valence-electron chi connectivity index (χ3n) is 4.01. The Morgan fingerprint density at radius 2 is 2.00 bits per heavy atom. The minimum absolute atomic E-state index is 0.589. The molecule has 1 saturated heterocycles. The minimum atomic E-state index is 0.589. The van der Waals surface area contributed by atoms with Gasteiger partial charge in [0.2, 0.25) is 0 Å². The van der Waals surface area contributed by atoms with Crippen LogP contribution in [-0.4, -0.2) is 27.9 Å². The van der Waals surface area contributed by atoms with Crippen molar-refractivity contribution in [1.29, 1.82) is 0 Å². The molecule has 0 spiro atoms. The molecule has 1 atom stereocenters. The topological polar surface area (TPSA) is 42.7 Å². The molecule has 1 N–H and O–H groups in total. The fourth-order valence-corrected chi connectivity index (χ4v) is 3.16. The van der Waals surface area contributed by atoms with Crippen LogP contribution >= 0.6 is 0 Å². The van der Waals surface area contributed by atoms with E-state index in [2.05, 4.69) is 27.0 Å². The number of rotatable bonds is 2. The molecule has 1 aromatic heterocycles. The summed E-state index contributed by atoms with van der Waals surface area (Å²) < 4.78 is 2.40. The molecule has 0 bridgehead atoms. The van der Waals surface area contributed by atoms with Crippen molar-refractivity contribution in [1.82, 2.24) is 20.1 Å². The number of nitrogens with zero attached hydrogens (tertiary/aromatic N) is 3. The van der Waals surface area contributed by atoms with Crippen LogP contribution < -0.4 is 5.32 Å². The van der Waals surface area contributed by atoms with Crippen LogP contribution in [0.4, 0.5) is 0 Å². The summed E-state index contributed by atoms with van der Waals surface area (Å²) in [5.74, 6) is 3.01. The molecule has 1 unspecified atom stereocenters. The predicted octanol–water partition coefficient (Wildman–Crippen LogP) is 1.78. The Kier molecular flexibility index (Phi) is 2.67.